The summed E-state index contributed by atoms with van der Waals surface area (Å²) in [4.78, 5) is 0. The van der Waals surface area contributed by atoms with Crippen LogP contribution >= 0.6 is 0 Å². The molecule has 0 saturated carbocycles. The molecule has 1 atom stereocenters. The molecule has 1 aliphatic carbocycles. The zero-order valence-electron chi connectivity index (χ0n) is 12.1. The molecule has 1 aromatic heterocycles. The lowest BCUT2D eigenvalue weighted by Crippen LogP contribution is -2.04. The van der Waals surface area contributed by atoms with E-state index >= 15 is 0 Å². The second kappa shape index (κ2) is 4.24. The molecule has 1 unspecified atom stereocenters. The van der Waals surface area contributed by atoms with Crippen molar-refractivity contribution in [2.24, 2.45) is 7.05 Å². The maximum Gasteiger partial charge on any atom is 0.0521 e. The maximum atomic E-state index is 2.38. The average Bonchev–Trinajstić information content (AvgIpc) is 2.78. The highest BCUT2D eigenvalue weighted by Gasteiger charge is 2.24. The van der Waals surface area contributed by atoms with E-state index in [2.05, 4.69) is 67.1 Å². The van der Waals surface area contributed by atoms with Gasteiger partial charge in [-0.3, -0.25) is 0 Å². The number of aromatic nitrogens is 1. The Balaban J connectivity index is 2.12. The number of hydrogen-bond donors (Lipinski definition) is 0. The van der Waals surface area contributed by atoms with Crippen molar-refractivity contribution in [2.75, 3.05) is 0 Å². The van der Waals surface area contributed by atoms with Crippen molar-refractivity contribution in [1.29, 1.82) is 0 Å². The fourth-order valence-corrected chi connectivity index (χ4v) is 3.74. The van der Waals surface area contributed by atoms with Crippen LogP contribution in [0.4, 0.5) is 0 Å². The number of hydrogen-bond acceptors (Lipinski definition) is 0. The first-order valence-electron chi connectivity index (χ1n) is 7.43. The minimum Gasteiger partial charge on any atom is -0.343 e. The molecule has 20 heavy (non-hydrogen) atoms. The molecule has 1 nitrogen and oxygen atoms in total. The Hall–Kier alpha value is -2.02. The largest absolute Gasteiger partial charge is 0.343 e. The molecule has 0 radical (unpaired) electrons. The SMILES string of the molecule is CC1CCc2c(-c3ccccc3)n(C)c3cccc1c23. The molecule has 1 heterocycles. The first kappa shape index (κ1) is 11.8. The summed E-state index contributed by atoms with van der Waals surface area (Å²) in [5.74, 6) is 0.678. The van der Waals surface area contributed by atoms with Crippen LogP contribution in [0.25, 0.3) is 22.2 Å². The van der Waals surface area contributed by atoms with E-state index in [1.165, 1.54) is 40.6 Å². The van der Waals surface area contributed by atoms with E-state index in [1.54, 1.807) is 5.56 Å². The molecule has 0 fully saturated rings. The molecular formula is C19H19N. The molecule has 0 aliphatic heterocycles. The number of rotatable bonds is 1. The van der Waals surface area contributed by atoms with Crippen molar-refractivity contribution >= 4 is 10.9 Å². The van der Waals surface area contributed by atoms with Gasteiger partial charge in [-0.05, 0) is 41.5 Å². The van der Waals surface area contributed by atoms with Crippen molar-refractivity contribution in [3.05, 3.63) is 59.7 Å². The monoisotopic (exact) mass is 261 g/mol. The molecule has 0 N–H and O–H groups in total. The summed E-state index contributed by atoms with van der Waals surface area (Å²) in [5.41, 5.74) is 7.19. The molecule has 4 rings (SSSR count). The zero-order valence-corrected chi connectivity index (χ0v) is 12.1. The smallest absolute Gasteiger partial charge is 0.0521 e. The van der Waals surface area contributed by atoms with Crippen LogP contribution in [0.1, 0.15) is 30.4 Å². The van der Waals surface area contributed by atoms with Crippen LogP contribution in [0.2, 0.25) is 0 Å². The minimum absolute atomic E-state index is 0.678. The predicted octanol–water partition coefficient (Wildman–Crippen LogP) is 4.90. The van der Waals surface area contributed by atoms with Gasteiger partial charge in [-0.2, -0.15) is 0 Å². The third-order valence-electron chi connectivity index (χ3n) is 4.76. The summed E-state index contributed by atoms with van der Waals surface area (Å²) >= 11 is 0. The second-order valence-corrected chi connectivity index (χ2v) is 5.93. The third kappa shape index (κ3) is 1.49. The molecule has 0 saturated heterocycles. The van der Waals surface area contributed by atoms with Crippen LogP contribution in [-0.4, -0.2) is 4.57 Å². The van der Waals surface area contributed by atoms with E-state index in [-0.39, 0.29) is 0 Å². The van der Waals surface area contributed by atoms with E-state index in [9.17, 15) is 0 Å². The lowest BCUT2D eigenvalue weighted by atomic mass is 9.84. The Bertz CT molecular complexity index is 780. The van der Waals surface area contributed by atoms with E-state index in [0.717, 1.165) is 0 Å². The number of nitrogens with zero attached hydrogens (tertiary/aromatic N) is 1. The summed E-state index contributed by atoms with van der Waals surface area (Å²) in [7, 11) is 2.20. The molecule has 2 aromatic carbocycles. The average molecular weight is 261 g/mol. The Kier molecular flexibility index (Phi) is 2.50. The highest BCUT2D eigenvalue weighted by Crippen LogP contribution is 2.42. The molecule has 3 aromatic rings. The highest BCUT2D eigenvalue weighted by atomic mass is 15.0. The van der Waals surface area contributed by atoms with Gasteiger partial charge in [0.05, 0.1) is 5.69 Å². The van der Waals surface area contributed by atoms with E-state index < -0.39 is 0 Å². The summed E-state index contributed by atoms with van der Waals surface area (Å²) < 4.78 is 2.38. The molecule has 100 valence electrons. The summed E-state index contributed by atoms with van der Waals surface area (Å²) in [6.07, 6.45) is 2.45. The molecular weight excluding hydrogens is 242 g/mol. The second-order valence-electron chi connectivity index (χ2n) is 5.93. The molecule has 0 spiro atoms. The number of benzene rings is 2. The predicted molar refractivity (Wildman–Crippen MR) is 85.1 cm³/mol. The van der Waals surface area contributed by atoms with Gasteiger partial charge in [0.15, 0.2) is 0 Å². The van der Waals surface area contributed by atoms with Crippen LogP contribution in [0.5, 0.6) is 0 Å². The van der Waals surface area contributed by atoms with Gasteiger partial charge < -0.3 is 4.57 Å². The summed E-state index contributed by atoms with van der Waals surface area (Å²) in [6.45, 7) is 2.35. The minimum atomic E-state index is 0.678. The van der Waals surface area contributed by atoms with E-state index in [0.29, 0.717) is 5.92 Å². The van der Waals surface area contributed by atoms with Crippen LogP contribution in [-0.2, 0) is 13.5 Å². The molecule has 1 heteroatoms. The first-order chi connectivity index (χ1) is 9.77. The topological polar surface area (TPSA) is 4.93 Å². The van der Waals surface area contributed by atoms with Gasteiger partial charge >= 0.3 is 0 Å². The van der Waals surface area contributed by atoms with Crippen molar-refractivity contribution in [3.63, 3.8) is 0 Å². The Morgan fingerprint density at radius 2 is 1.80 bits per heavy atom. The van der Waals surface area contributed by atoms with Crippen molar-refractivity contribution < 1.29 is 0 Å². The van der Waals surface area contributed by atoms with Gasteiger partial charge in [0, 0.05) is 18.0 Å². The highest BCUT2D eigenvalue weighted by molar-refractivity contribution is 5.95. The standard InChI is InChI=1S/C19H19N/c1-13-11-12-16-18-15(13)9-6-10-17(18)20(2)19(16)14-7-4-3-5-8-14/h3-10,13H,11-12H2,1-2H3. The number of aryl methyl sites for hydroxylation is 2. The molecule has 1 aliphatic rings. The normalized spacial score (nSPS) is 17.6. The lowest BCUT2D eigenvalue weighted by Gasteiger charge is -2.20. The van der Waals surface area contributed by atoms with Crippen LogP contribution in [0.15, 0.2) is 48.5 Å². The van der Waals surface area contributed by atoms with Crippen molar-refractivity contribution in [1.82, 2.24) is 4.57 Å². The maximum absolute atomic E-state index is 2.38. The Morgan fingerprint density at radius 3 is 2.60 bits per heavy atom. The molecule has 0 amide bonds. The fourth-order valence-electron chi connectivity index (χ4n) is 3.74. The Labute approximate surface area is 119 Å². The summed E-state index contributed by atoms with van der Waals surface area (Å²) in [5, 5.41) is 1.51. The quantitative estimate of drug-likeness (QED) is 0.587. The van der Waals surface area contributed by atoms with Crippen molar-refractivity contribution in [3.8, 4) is 11.3 Å². The third-order valence-corrected chi connectivity index (χ3v) is 4.76. The van der Waals surface area contributed by atoms with E-state index in [1.807, 2.05) is 0 Å². The van der Waals surface area contributed by atoms with E-state index in [4.69, 9.17) is 0 Å². The van der Waals surface area contributed by atoms with Gasteiger partial charge in [-0.15, -0.1) is 0 Å². The van der Waals surface area contributed by atoms with Gasteiger partial charge in [0.1, 0.15) is 0 Å². The summed E-state index contributed by atoms with van der Waals surface area (Å²) in [6, 6.07) is 17.6. The van der Waals surface area contributed by atoms with Gasteiger partial charge in [0.25, 0.3) is 0 Å². The fraction of sp³-hybridized carbons (Fsp3) is 0.263. The van der Waals surface area contributed by atoms with Gasteiger partial charge in [-0.1, -0.05) is 49.4 Å². The lowest BCUT2D eigenvalue weighted by molar-refractivity contribution is 0.671. The van der Waals surface area contributed by atoms with Crippen LogP contribution in [0.3, 0.4) is 0 Å². The van der Waals surface area contributed by atoms with Crippen molar-refractivity contribution in [2.45, 2.75) is 25.7 Å². The van der Waals surface area contributed by atoms with Crippen LogP contribution < -0.4 is 0 Å². The first-order valence-corrected chi connectivity index (χ1v) is 7.43. The zero-order chi connectivity index (χ0) is 13.7. The van der Waals surface area contributed by atoms with Crippen LogP contribution in [0, 0.1) is 0 Å². The Morgan fingerprint density at radius 1 is 1.00 bits per heavy atom. The van der Waals surface area contributed by atoms with Gasteiger partial charge in [0.2, 0.25) is 0 Å². The van der Waals surface area contributed by atoms with Gasteiger partial charge in [-0.25, -0.2) is 0 Å². The molecule has 0 bridgehead atoms.